The molecule has 2 amide bonds. The summed E-state index contributed by atoms with van der Waals surface area (Å²) in [6.07, 6.45) is 0.169. The van der Waals surface area contributed by atoms with E-state index < -0.39 is 11.9 Å². The maximum atomic E-state index is 12.6. The minimum atomic E-state index is -0.430. The second kappa shape index (κ2) is 8.77. The van der Waals surface area contributed by atoms with Crippen LogP contribution in [0.15, 0.2) is 48.5 Å². The molecular formula is C22H25N3O4. The quantitative estimate of drug-likeness (QED) is 0.761. The van der Waals surface area contributed by atoms with Crippen LogP contribution in [0.5, 0.6) is 0 Å². The van der Waals surface area contributed by atoms with Crippen LogP contribution in [0.4, 0.5) is 17.1 Å². The van der Waals surface area contributed by atoms with Crippen molar-refractivity contribution in [2.24, 2.45) is 5.92 Å². The lowest BCUT2D eigenvalue weighted by Crippen LogP contribution is -2.28. The summed E-state index contributed by atoms with van der Waals surface area (Å²) < 4.78 is 4.94. The van der Waals surface area contributed by atoms with Crippen molar-refractivity contribution >= 4 is 34.8 Å². The molecule has 1 N–H and O–H groups in total. The Morgan fingerprint density at radius 1 is 1.10 bits per heavy atom. The number of anilines is 3. The molecule has 1 heterocycles. The van der Waals surface area contributed by atoms with Crippen LogP contribution in [0.2, 0.25) is 0 Å². The fourth-order valence-electron chi connectivity index (χ4n) is 3.21. The van der Waals surface area contributed by atoms with Crippen molar-refractivity contribution in [3.63, 3.8) is 0 Å². The lowest BCUT2D eigenvalue weighted by Gasteiger charge is -2.19. The van der Waals surface area contributed by atoms with Crippen LogP contribution >= 0.6 is 0 Å². The largest absolute Gasteiger partial charge is 0.462 e. The van der Waals surface area contributed by atoms with E-state index >= 15 is 0 Å². The second-order valence-electron chi connectivity index (χ2n) is 7.10. The highest BCUT2D eigenvalue weighted by Gasteiger charge is 2.35. The molecule has 3 rings (SSSR count). The smallest absolute Gasteiger partial charge is 0.338 e. The number of ether oxygens (including phenoxy) is 1. The third-order valence-electron chi connectivity index (χ3n) is 4.84. The summed E-state index contributed by atoms with van der Waals surface area (Å²) in [4.78, 5) is 40.4. The molecule has 0 radical (unpaired) electrons. The summed E-state index contributed by atoms with van der Waals surface area (Å²) in [5.74, 6) is -1.11. The van der Waals surface area contributed by atoms with Gasteiger partial charge in [0.05, 0.1) is 18.1 Å². The second-order valence-corrected chi connectivity index (χ2v) is 7.10. The molecule has 1 atom stereocenters. The molecule has 29 heavy (non-hydrogen) atoms. The number of rotatable bonds is 6. The molecule has 1 unspecified atom stereocenters. The number of hydrogen-bond donors (Lipinski definition) is 1. The van der Waals surface area contributed by atoms with Gasteiger partial charge in [0.25, 0.3) is 0 Å². The van der Waals surface area contributed by atoms with Gasteiger partial charge in [-0.3, -0.25) is 9.59 Å². The van der Waals surface area contributed by atoms with Crippen molar-refractivity contribution in [1.29, 1.82) is 0 Å². The van der Waals surface area contributed by atoms with E-state index in [0.29, 0.717) is 24.4 Å². The molecule has 2 aromatic rings. The highest BCUT2D eigenvalue weighted by atomic mass is 16.5. The molecular weight excluding hydrogens is 370 g/mol. The fraction of sp³-hybridized carbons (Fsp3) is 0.318. The highest BCUT2D eigenvalue weighted by molar-refractivity contribution is 6.03. The van der Waals surface area contributed by atoms with Crippen LogP contribution in [-0.2, 0) is 14.3 Å². The summed E-state index contributed by atoms with van der Waals surface area (Å²) >= 11 is 0. The van der Waals surface area contributed by atoms with Crippen LogP contribution in [0.25, 0.3) is 0 Å². The van der Waals surface area contributed by atoms with Crippen molar-refractivity contribution in [1.82, 2.24) is 0 Å². The topological polar surface area (TPSA) is 78.9 Å². The number of esters is 1. The zero-order chi connectivity index (χ0) is 21.0. The van der Waals surface area contributed by atoms with Crippen LogP contribution in [0.1, 0.15) is 23.7 Å². The van der Waals surface area contributed by atoms with E-state index in [1.165, 1.54) is 0 Å². The average Bonchev–Trinajstić information content (AvgIpc) is 3.10. The lowest BCUT2D eigenvalue weighted by atomic mass is 10.1. The Hall–Kier alpha value is -3.35. The lowest BCUT2D eigenvalue weighted by molar-refractivity contribution is -0.122. The summed E-state index contributed by atoms with van der Waals surface area (Å²) in [5, 5.41) is 2.82. The maximum absolute atomic E-state index is 12.6. The SMILES string of the molecule is CCOC(=O)c1ccc(NC(=O)C2CC(=O)N(c3ccc(N(C)C)cc3)C2)cc1. The Morgan fingerprint density at radius 2 is 1.76 bits per heavy atom. The Balaban J connectivity index is 1.62. The van der Waals surface area contributed by atoms with E-state index in [4.69, 9.17) is 4.74 Å². The molecule has 0 aliphatic carbocycles. The van der Waals surface area contributed by atoms with Crippen LogP contribution in [0, 0.1) is 5.92 Å². The van der Waals surface area contributed by atoms with Crippen molar-refractivity contribution in [2.45, 2.75) is 13.3 Å². The molecule has 7 nitrogen and oxygen atoms in total. The van der Waals surface area contributed by atoms with Gasteiger partial charge in [-0.1, -0.05) is 0 Å². The Morgan fingerprint density at radius 3 is 2.34 bits per heavy atom. The molecule has 1 fully saturated rings. The maximum Gasteiger partial charge on any atom is 0.338 e. The number of carbonyl (C=O) groups excluding carboxylic acids is 3. The van der Waals surface area contributed by atoms with Crippen LogP contribution in [-0.4, -0.2) is 45.0 Å². The van der Waals surface area contributed by atoms with Gasteiger partial charge in [0.15, 0.2) is 0 Å². The Kier molecular flexibility index (Phi) is 6.16. The Bertz CT molecular complexity index is 891. The molecule has 2 aromatic carbocycles. The average molecular weight is 395 g/mol. The first-order valence-corrected chi connectivity index (χ1v) is 9.55. The van der Waals surface area contributed by atoms with Gasteiger partial charge in [0.2, 0.25) is 11.8 Å². The van der Waals surface area contributed by atoms with Gasteiger partial charge >= 0.3 is 5.97 Å². The summed E-state index contributed by atoms with van der Waals surface area (Å²) in [7, 11) is 3.91. The molecule has 0 saturated carbocycles. The monoisotopic (exact) mass is 395 g/mol. The zero-order valence-electron chi connectivity index (χ0n) is 16.8. The molecule has 0 bridgehead atoms. The minimum absolute atomic E-state index is 0.0691. The standard InChI is InChI=1S/C22H25N3O4/c1-4-29-22(28)15-5-7-17(8-6-15)23-21(27)16-13-20(26)25(14-16)19-11-9-18(10-12-19)24(2)3/h5-12,16H,4,13-14H2,1-3H3,(H,23,27). The van der Waals surface area contributed by atoms with Gasteiger partial charge in [0.1, 0.15) is 0 Å². The van der Waals surface area contributed by atoms with Gasteiger partial charge < -0.3 is 19.9 Å². The van der Waals surface area contributed by atoms with Crippen molar-refractivity contribution in [3.8, 4) is 0 Å². The number of nitrogens with one attached hydrogen (secondary N) is 1. The first-order chi connectivity index (χ1) is 13.9. The molecule has 1 saturated heterocycles. The van der Waals surface area contributed by atoms with E-state index in [1.807, 2.05) is 43.3 Å². The normalized spacial score (nSPS) is 15.9. The van der Waals surface area contributed by atoms with E-state index in [-0.39, 0.29) is 18.2 Å². The summed E-state index contributed by atoms with van der Waals surface area (Å²) in [6, 6.07) is 14.2. The number of carbonyl (C=O) groups is 3. The third kappa shape index (κ3) is 4.74. The Labute approximate surface area is 170 Å². The van der Waals surface area contributed by atoms with Gasteiger partial charge in [0, 0.05) is 44.1 Å². The number of hydrogen-bond acceptors (Lipinski definition) is 5. The molecule has 1 aliphatic heterocycles. The zero-order valence-corrected chi connectivity index (χ0v) is 16.8. The summed E-state index contributed by atoms with van der Waals surface area (Å²) in [6.45, 7) is 2.39. The van der Waals surface area contributed by atoms with Gasteiger partial charge in [-0.05, 0) is 55.5 Å². The van der Waals surface area contributed by atoms with E-state index in [9.17, 15) is 14.4 Å². The molecule has 7 heteroatoms. The minimum Gasteiger partial charge on any atom is -0.462 e. The van der Waals surface area contributed by atoms with Crippen molar-refractivity contribution in [2.75, 3.05) is 42.4 Å². The summed E-state index contributed by atoms with van der Waals surface area (Å²) in [5.41, 5.74) is 2.83. The highest BCUT2D eigenvalue weighted by Crippen LogP contribution is 2.27. The van der Waals surface area contributed by atoms with E-state index in [2.05, 4.69) is 5.32 Å². The number of nitrogens with zero attached hydrogens (tertiary/aromatic N) is 2. The molecule has 1 aliphatic rings. The van der Waals surface area contributed by atoms with Crippen LogP contribution < -0.4 is 15.1 Å². The van der Waals surface area contributed by atoms with Gasteiger partial charge in [-0.15, -0.1) is 0 Å². The van der Waals surface area contributed by atoms with E-state index in [1.54, 1.807) is 36.1 Å². The van der Waals surface area contributed by atoms with Crippen molar-refractivity contribution in [3.05, 3.63) is 54.1 Å². The predicted octanol–water partition coefficient (Wildman–Crippen LogP) is 2.92. The van der Waals surface area contributed by atoms with Gasteiger partial charge in [-0.2, -0.15) is 0 Å². The molecule has 152 valence electrons. The van der Waals surface area contributed by atoms with Crippen LogP contribution in [0.3, 0.4) is 0 Å². The molecule has 0 aromatic heterocycles. The first-order valence-electron chi connectivity index (χ1n) is 9.55. The van der Waals surface area contributed by atoms with Crippen molar-refractivity contribution < 1.29 is 19.1 Å². The third-order valence-corrected chi connectivity index (χ3v) is 4.84. The fourth-order valence-corrected chi connectivity index (χ4v) is 3.21. The number of benzene rings is 2. The first kappa shape index (κ1) is 20.4. The molecule has 0 spiro atoms. The predicted molar refractivity (Wildman–Crippen MR) is 112 cm³/mol. The number of amides is 2. The van der Waals surface area contributed by atoms with E-state index in [0.717, 1.165) is 11.4 Å². The van der Waals surface area contributed by atoms with Gasteiger partial charge in [-0.25, -0.2) is 4.79 Å².